The molecular formula is C15H22ClNO3. The molecule has 1 heterocycles. The number of halogens is 1. The maximum Gasteiger partial charge on any atom is 0.310 e. The summed E-state index contributed by atoms with van der Waals surface area (Å²) in [6.45, 7) is 5.07. The summed E-state index contributed by atoms with van der Waals surface area (Å²) in [4.78, 5) is 13.9. The van der Waals surface area contributed by atoms with Crippen LogP contribution in [0.15, 0.2) is 30.3 Å². The molecule has 0 aliphatic carbocycles. The van der Waals surface area contributed by atoms with E-state index in [1.165, 1.54) is 0 Å². The van der Waals surface area contributed by atoms with Crippen LogP contribution < -0.4 is 0 Å². The smallest absolute Gasteiger partial charge is 0.310 e. The van der Waals surface area contributed by atoms with Gasteiger partial charge in [0.2, 0.25) is 0 Å². The van der Waals surface area contributed by atoms with Crippen LogP contribution in [0.4, 0.5) is 0 Å². The maximum absolute atomic E-state index is 11.6. The Bertz CT molecular complexity index is 380. The first-order chi connectivity index (χ1) is 9.34. The fraction of sp³-hybridized carbons (Fsp3) is 0.533. The van der Waals surface area contributed by atoms with E-state index in [9.17, 15) is 4.79 Å². The van der Waals surface area contributed by atoms with Crippen LogP contribution in [-0.2, 0) is 20.7 Å². The Balaban J connectivity index is 0.00000200. The molecule has 0 amide bonds. The van der Waals surface area contributed by atoms with Crippen molar-refractivity contribution >= 4 is 18.4 Å². The predicted octanol–water partition coefficient (Wildman–Crippen LogP) is 1.92. The van der Waals surface area contributed by atoms with Gasteiger partial charge in [-0.15, -0.1) is 12.4 Å². The lowest BCUT2D eigenvalue weighted by Gasteiger charge is -2.26. The second-order valence-electron chi connectivity index (χ2n) is 4.69. The number of benzene rings is 1. The molecule has 5 heteroatoms. The highest BCUT2D eigenvalue weighted by Crippen LogP contribution is 2.02. The van der Waals surface area contributed by atoms with Crippen molar-refractivity contribution in [2.45, 2.75) is 12.8 Å². The minimum Gasteiger partial charge on any atom is -0.465 e. The lowest BCUT2D eigenvalue weighted by Crippen LogP contribution is -2.37. The molecule has 1 aliphatic heterocycles. The highest BCUT2D eigenvalue weighted by Gasteiger charge is 2.10. The summed E-state index contributed by atoms with van der Waals surface area (Å²) >= 11 is 0. The van der Waals surface area contributed by atoms with E-state index in [-0.39, 0.29) is 18.4 Å². The second-order valence-corrected chi connectivity index (χ2v) is 4.69. The maximum atomic E-state index is 11.6. The summed E-state index contributed by atoms with van der Waals surface area (Å²) in [6.07, 6.45) is 1.25. The molecule has 0 N–H and O–H groups in total. The zero-order chi connectivity index (χ0) is 13.3. The molecular weight excluding hydrogens is 278 g/mol. The predicted molar refractivity (Wildman–Crippen MR) is 80.2 cm³/mol. The molecule has 1 aromatic rings. The van der Waals surface area contributed by atoms with Crippen molar-refractivity contribution in [3.05, 3.63) is 35.9 Å². The van der Waals surface area contributed by atoms with Gasteiger partial charge in [0.1, 0.15) is 0 Å². The van der Waals surface area contributed by atoms with Crippen LogP contribution in [0.25, 0.3) is 0 Å². The van der Waals surface area contributed by atoms with Crippen LogP contribution in [0, 0.1) is 0 Å². The van der Waals surface area contributed by atoms with Gasteiger partial charge < -0.3 is 9.47 Å². The molecule has 4 nitrogen and oxygen atoms in total. The zero-order valence-corrected chi connectivity index (χ0v) is 12.4. The number of rotatable bonds is 6. The van der Waals surface area contributed by atoms with E-state index in [1.807, 2.05) is 30.3 Å². The quantitative estimate of drug-likeness (QED) is 0.594. The van der Waals surface area contributed by atoms with E-state index < -0.39 is 0 Å². The number of ether oxygens (including phenoxy) is 2. The van der Waals surface area contributed by atoms with E-state index in [2.05, 4.69) is 4.90 Å². The first-order valence-electron chi connectivity index (χ1n) is 6.84. The molecule has 112 valence electrons. The Morgan fingerprint density at radius 2 is 1.90 bits per heavy atom. The standard InChI is InChI=1S/C15H21NO3.ClH/c17-15(13-14-5-2-1-3-6-14)19-10-4-7-16-8-11-18-12-9-16;/h1-3,5-6H,4,7-13H2;1H. The molecule has 0 saturated carbocycles. The number of morpholine rings is 1. The van der Waals surface area contributed by atoms with Crippen LogP contribution in [0.1, 0.15) is 12.0 Å². The monoisotopic (exact) mass is 299 g/mol. The average molecular weight is 300 g/mol. The topological polar surface area (TPSA) is 38.8 Å². The second kappa shape index (κ2) is 9.75. The van der Waals surface area contributed by atoms with Crippen LogP contribution in [0.2, 0.25) is 0 Å². The van der Waals surface area contributed by atoms with Gasteiger partial charge in [-0.2, -0.15) is 0 Å². The molecule has 0 atom stereocenters. The highest BCUT2D eigenvalue weighted by atomic mass is 35.5. The molecule has 1 aliphatic rings. The third-order valence-corrected chi connectivity index (χ3v) is 3.18. The summed E-state index contributed by atoms with van der Waals surface area (Å²) < 4.78 is 10.5. The number of hydrogen-bond donors (Lipinski definition) is 0. The van der Waals surface area contributed by atoms with Gasteiger partial charge in [-0.1, -0.05) is 30.3 Å². The third-order valence-electron chi connectivity index (χ3n) is 3.18. The van der Waals surface area contributed by atoms with Crippen molar-refractivity contribution in [1.29, 1.82) is 0 Å². The fourth-order valence-corrected chi connectivity index (χ4v) is 2.11. The highest BCUT2D eigenvalue weighted by molar-refractivity contribution is 5.85. The Hall–Kier alpha value is -1.10. The first-order valence-corrected chi connectivity index (χ1v) is 6.84. The van der Waals surface area contributed by atoms with Gasteiger partial charge in [-0.3, -0.25) is 9.69 Å². The average Bonchev–Trinajstić information content (AvgIpc) is 2.46. The Morgan fingerprint density at radius 3 is 2.60 bits per heavy atom. The molecule has 0 bridgehead atoms. The normalized spacial score (nSPS) is 15.4. The first kappa shape index (κ1) is 17.0. The van der Waals surface area contributed by atoms with Crippen molar-refractivity contribution in [2.75, 3.05) is 39.5 Å². The summed E-state index contributed by atoms with van der Waals surface area (Å²) in [5.74, 6) is -0.145. The summed E-state index contributed by atoms with van der Waals surface area (Å²) in [5, 5.41) is 0. The van der Waals surface area contributed by atoms with Crippen molar-refractivity contribution < 1.29 is 14.3 Å². The van der Waals surface area contributed by atoms with Gasteiger partial charge in [-0.05, 0) is 12.0 Å². The molecule has 1 fully saturated rings. The molecule has 2 rings (SSSR count). The molecule has 0 spiro atoms. The lowest BCUT2D eigenvalue weighted by atomic mass is 10.2. The Kier molecular flexibility index (Phi) is 8.26. The van der Waals surface area contributed by atoms with E-state index in [0.29, 0.717) is 13.0 Å². The Morgan fingerprint density at radius 1 is 1.20 bits per heavy atom. The summed E-state index contributed by atoms with van der Waals surface area (Å²) in [5.41, 5.74) is 1.00. The van der Waals surface area contributed by atoms with Gasteiger partial charge in [0, 0.05) is 19.6 Å². The fourth-order valence-electron chi connectivity index (χ4n) is 2.11. The van der Waals surface area contributed by atoms with Crippen molar-refractivity contribution in [1.82, 2.24) is 4.90 Å². The summed E-state index contributed by atoms with van der Waals surface area (Å²) in [6, 6.07) is 9.68. The van der Waals surface area contributed by atoms with E-state index in [4.69, 9.17) is 9.47 Å². The lowest BCUT2D eigenvalue weighted by molar-refractivity contribution is -0.143. The van der Waals surface area contributed by atoms with Gasteiger partial charge >= 0.3 is 5.97 Å². The minimum absolute atomic E-state index is 0. The SMILES string of the molecule is Cl.O=C(Cc1ccccc1)OCCCN1CCOCC1. The van der Waals surface area contributed by atoms with E-state index >= 15 is 0 Å². The van der Waals surface area contributed by atoms with Gasteiger partial charge in [0.15, 0.2) is 0 Å². The number of nitrogens with zero attached hydrogens (tertiary/aromatic N) is 1. The number of hydrogen-bond acceptors (Lipinski definition) is 4. The van der Waals surface area contributed by atoms with Crippen molar-refractivity contribution in [2.24, 2.45) is 0 Å². The molecule has 1 aromatic carbocycles. The number of carbonyl (C=O) groups excluding carboxylic acids is 1. The molecule has 0 radical (unpaired) electrons. The largest absolute Gasteiger partial charge is 0.465 e. The van der Waals surface area contributed by atoms with Crippen LogP contribution in [0.3, 0.4) is 0 Å². The molecule has 0 unspecified atom stereocenters. The van der Waals surface area contributed by atoms with E-state index in [1.54, 1.807) is 0 Å². The molecule has 1 saturated heterocycles. The minimum atomic E-state index is -0.145. The summed E-state index contributed by atoms with van der Waals surface area (Å²) in [7, 11) is 0. The third kappa shape index (κ3) is 6.37. The molecule has 20 heavy (non-hydrogen) atoms. The van der Waals surface area contributed by atoms with Crippen LogP contribution in [0.5, 0.6) is 0 Å². The number of carbonyl (C=O) groups is 1. The van der Waals surface area contributed by atoms with Gasteiger partial charge in [-0.25, -0.2) is 0 Å². The molecule has 0 aromatic heterocycles. The van der Waals surface area contributed by atoms with E-state index in [0.717, 1.165) is 44.8 Å². The van der Waals surface area contributed by atoms with Crippen molar-refractivity contribution in [3.63, 3.8) is 0 Å². The van der Waals surface area contributed by atoms with Crippen LogP contribution in [-0.4, -0.2) is 50.3 Å². The van der Waals surface area contributed by atoms with Gasteiger partial charge in [0.25, 0.3) is 0 Å². The Labute approximate surface area is 126 Å². The van der Waals surface area contributed by atoms with Gasteiger partial charge in [0.05, 0.1) is 26.2 Å². The zero-order valence-electron chi connectivity index (χ0n) is 11.6. The number of esters is 1. The van der Waals surface area contributed by atoms with Crippen LogP contribution >= 0.6 is 12.4 Å². The van der Waals surface area contributed by atoms with Crippen molar-refractivity contribution in [3.8, 4) is 0 Å².